The third-order valence-electron chi connectivity index (χ3n) is 3.62. The molecular weight excluding hydrogens is 242 g/mol. The zero-order chi connectivity index (χ0) is 13.1. The highest BCUT2D eigenvalue weighted by molar-refractivity contribution is 5.55. The van der Waals surface area contributed by atoms with E-state index in [1.54, 1.807) is 0 Å². The Bertz CT molecular complexity index is 429. The number of nitrogens with one attached hydrogen (secondary N) is 1. The Morgan fingerprint density at radius 3 is 2.79 bits per heavy atom. The summed E-state index contributed by atoms with van der Waals surface area (Å²) < 4.78 is 16.9. The zero-order valence-corrected chi connectivity index (χ0v) is 11.4. The molecule has 1 aliphatic heterocycles. The first kappa shape index (κ1) is 12.6. The standard InChI is InChI=1S/C15H21NO3/c1-2-17-13-8-12(9-13)16-11-4-5-14-15(10-11)19-7-3-6-18-14/h4-5,10,12-13,16H,2-3,6-9H2,1H3. The molecule has 1 saturated carbocycles. The van der Waals surface area contributed by atoms with Crippen molar-refractivity contribution in [3.8, 4) is 11.5 Å². The number of hydrogen-bond donors (Lipinski definition) is 1. The van der Waals surface area contributed by atoms with Gasteiger partial charge in [0.25, 0.3) is 0 Å². The summed E-state index contributed by atoms with van der Waals surface area (Å²) >= 11 is 0. The molecule has 0 atom stereocenters. The summed E-state index contributed by atoms with van der Waals surface area (Å²) in [6.45, 7) is 4.32. The molecule has 3 rings (SSSR count). The van der Waals surface area contributed by atoms with Crippen LogP contribution in [-0.2, 0) is 4.74 Å². The van der Waals surface area contributed by atoms with Gasteiger partial charge in [0.05, 0.1) is 19.3 Å². The van der Waals surface area contributed by atoms with E-state index in [4.69, 9.17) is 14.2 Å². The van der Waals surface area contributed by atoms with Crippen molar-refractivity contribution in [2.45, 2.75) is 38.3 Å². The van der Waals surface area contributed by atoms with Gasteiger partial charge in [-0.3, -0.25) is 0 Å². The molecular formula is C15H21NO3. The Morgan fingerprint density at radius 2 is 2.00 bits per heavy atom. The molecule has 1 aromatic rings. The summed E-state index contributed by atoms with van der Waals surface area (Å²) in [6, 6.07) is 6.60. The van der Waals surface area contributed by atoms with Crippen LogP contribution in [0, 0.1) is 0 Å². The van der Waals surface area contributed by atoms with E-state index in [9.17, 15) is 0 Å². The minimum Gasteiger partial charge on any atom is -0.490 e. The van der Waals surface area contributed by atoms with Crippen LogP contribution in [0.25, 0.3) is 0 Å². The van der Waals surface area contributed by atoms with Gasteiger partial charge in [0.2, 0.25) is 0 Å². The Balaban J connectivity index is 1.59. The second kappa shape index (κ2) is 5.70. The zero-order valence-electron chi connectivity index (χ0n) is 11.4. The maximum absolute atomic E-state index is 5.69. The van der Waals surface area contributed by atoms with E-state index in [1.165, 1.54) is 0 Å². The molecule has 4 nitrogen and oxygen atoms in total. The Morgan fingerprint density at radius 1 is 1.21 bits per heavy atom. The fourth-order valence-corrected chi connectivity index (χ4v) is 2.54. The second-order valence-electron chi connectivity index (χ2n) is 5.10. The number of ether oxygens (including phenoxy) is 3. The van der Waals surface area contributed by atoms with Crippen molar-refractivity contribution in [2.24, 2.45) is 0 Å². The molecule has 1 heterocycles. The lowest BCUT2D eigenvalue weighted by molar-refractivity contribution is 0.00299. The Kier molecular flexibility index (Phi) is 3.78. The highest BCUT2D eigenvalue weighted by Crippen LogP contribution is 2.34. The summed E-state index contributed by atoms with van der Waals surface area (Å²) in [7, 11) is 0. The molecule has 1 fully saturated rings. The summed E-state index contributed by atoms with van der Waals surface area (Å²) in [6.07, 6.45) is 3.55. The Labute approximate surface area is 114 Å². The molecule has 104 valence electrons. The number of hydrogen-bond acceptors (Lipinski definition) is 4. The average Bonchev–Trinajstić information content (AvgIpc) is 2.61. The molecule has 0 saturated heterocycles. The van der Waals surface area contributed by atoms with Crippen molar-refractivity contribution in [3.63, 3.8) is 0 Å². The molecule has 1 aromatic carbocycles. The smallest absolute Gasteiger partial charge is 0.163 e. The van der Waals surface area contributed by atoms with Crippen molar-refractivity contribution >= 4 is 5.69 Å². The predicted octanol–water partition coefficient (Wildman–Crippen LogP) is 2.83. The van der Waals surface area contributed by atoms with Crippen molar-refractivity contribution in [1.82, 2.24) is 0 Å². The lowest BCUT2D eigenvalue weighted by Crippen LogP contribution is -2.40. The molecule has 0 bridgehead atoms. The highest BCUT2D eigenvalue weighted by Gasteiger charge is 2.29. The van der Waals surface area contributed by atoms with Crippen LogP contribution in [0.15, 0.2) is 18.2 Å². The van der Waals surface area contributed by atoms with Gasteiger partial charge in [0.15, 0.2) is 11.5 Å². The maximum atomic E-state index is 5.69. The van der Waals surface area contributed by atoms with Crippen LogP contribution >= 0.6 is 0 Å². The van der Waals surface area contributed by atoms with Gasteiger partial charge in [0, 0.05) is 30.8 Å². The van der Waals surface area contributed by atoms with Crippen LogP contribution in [0.5, 0.6) is 11.5 Å². The van der Waals surface area contributed by atoms with Gasteiger partial charge in [-0.25, -0.2) is 0 Å². The van der Waals surface area contributed by atoms with Crippen molar-refractivity contribution in [3.05, 3.63) is 18.2 Å². The van der Waals surface area contributed by atoms with Crippen LogP contribution in [0.4, 0.5) is 5.69 Å². The van der Waals surface area contributed by atoms with Crippen molar-refractivity contribution in [1.29, 1.82) is 0 Å². The number of fused-ring (bicyclic) bond motifs is 1. The van der Waals surface area contributed by atoms with Gasteiger partial charge in [-0.2, -0.15) is 0 Å². The SMILES string of the molecule is CCOC1CC(Nc2ccc3c(c2)OCCCO3)C1. The number of benzene rings is 1. The van der Waals surface area contributed by atoms with Gasteiger partial charge in [-0.1, -0.05) is 0 Å². The van der Waals surface area contributed by atoms with Gasteiger partial charge >= 0.3 is 0 Å². The topological polar surface area (TPSA) is 39.7 Å². The molecule has 0 unspecified atom stereocenters. The van der Waals surface area contributed by atoms with E-state index in [2.05, 4.69) is 11.4 Å². The van der Waals surface area contributed by atoms with E-state index >= 15 is 0 Å². The monoisotopic (exact) mass is 263 g/mol. The van der Waals surface area contributed by atoms with Crippen LogP contribution in [-0.4, -0.2) is 32.0 Å². The van der Waals surface area contributed by atoms with Crippen LogP contribution < -0.4 is 14.8 Å². The lowest BCUT2D eigenvalue weighted by atomic mass is 9.89. The molecule has 2 aliphatic rings. The molecule has 4 heteroatoms. The highest BCUT2D eigenvalue weighted by atomic mass is 16.5. The van der Waals surface area contributed by atoms with E-state index < -0.39 is 0 Å². The maximum Gasteiger partial charge on any atom is 0.163 e. The third-order valence-corrected chi connectivity index (χ3v) is 3.62. The third kappa shape index (κ3) is 2.95. The molecule has 1 N–H and O–H groups in total. The number of anilines is 1. The van der Waals surface area contributed by atoms with Gasteiger partial charge in [-0.15, -0.1) is 0 Å². The van der Waals surface area contributed by atoms with E-state index in [-0.39, 0.29) is 0 Å². The second-order valence-corrected chi connectivity index (χ2v) is 5.10. The fourth-order valence-electron chi connectivity index (χ4n) is 2.54. The predicted molar refractivity (Wildman–Crippen MR) is 74.1 cm³/mol. The first-order valence-electron chi connectivity index (χ1n) is 7.13. The van der Waals surface area contributed by atoms with Gasteiger partial charge in [-0.05, 0) is 31.9 Å². The lowest BCUT2D eigenvalue weighted by Gasteiger charge is -2.36. The van der Waals surface area contributed by atoms with Crippen molar-refractivity contribution in [2.75, 3.05) is 25.1 Å². The minimum atomic E-state index is 0.433. The minimum absolute atomic E-state index is 0.433. The van der Waals surface area contributed by atoms with E-state index in [0.29, 0.717) is 12.1 Å². The molecule has 0 amide bonds. The summed E-state index contributed by atoms with van der Waals surface area (Å²) in [4.78, 5) is 0. The average molecular weight is 263 g/mol. The first-order valence-corrected chi connectivity index (χ1v) is 7.13. The van der Waals surface area contributed by atoms with Crippen LogP contribution in [0.1, 0.15) is 26.2 Å². The summed E-state index contributed by atoms with van der Waals surface area (Å²) in [5, 5.41) is 3.52. The van der Waals surface area contributed by atoms with E-state index in [0.717, 1.165) is 56.3 Å². The molecule has 0 spiro atoms. The van der Waals surface area contributed by atoms with Gasteiger partial charge < -0.3 is 19.5 Å². The van der Waals surface area contributed by atoms with E-state index in [1.807, 2.05) is 19.1 Å². The van der Waals surface area contributed by atoms with Gasteiger partial charge in [0.1, 0.15) is 0 Å². The summed E-state index contributed by atoms with van der Waals surface area (Å²) in [5.41, 5.74) is 1.10. The largest absolute Gasteiger partial charge is 0.490 e. The first-order chi connectivity index (χ1) is 9.35. The molecule has 0 radical (unpaired) electrons. The van der Waals surface area contributed by atoms with Crippen molar-refractivity contribution < 1.29 is 14.2 Å². The number of rotatable bonds is 4. The molecule has 19 heavy (non-hydrogen) atoms. The summed E-state index contributed by atoms with van der Waals surface area (Å²) in [5.74, 6) is 1.70. The molecule has 1 aliphatic carbocycles. The van der Waals surface area contributed by atoms with Crippen LogP contribution in [0.2, 0.25) is 0 Å². The quantitative estimate of drug-likeness (QED) is 0.906. The van der Waals surface area contributed by atoms with Crippen LogP contribution in [0.3, 0.4) is 0 Å². The Hall–Kier alpha value is -1.42. The fraction of sp³-hybridized carbons (Fsp3) is 0.600. The normalized spacial score (nSPS) is 25.3. The molecule has 0 aromatic heterocycles.